The van der Waals surface area contributed by atoms with Crippen LogP contribution in [0.25, 0.3) is 0 Å². The van der Waals surface area contributed by atoms with Crippen LogP contribution in [0.5, 0.6) is 0 Å². The minimum atomic E-state index is -3.39. The van der Waals surface area contributed by atoms with Crippen molar-refractivity contribution in [3.8, 4) is 0 Å². The lowest BCUT2D eigenvalue weighted by Gasteiger charge is -2.26. The topological polar surface area (TPSA) is 72.2 Å². The summed E-state index contributed by atoms with van der Waals surface area (Å²) in [5.41, 5.74) is 5.45. The molecule has 1 atom stereocenters. The van der Waals surface area contributed by atoms with Crippen LogP contribution in [-0.2, 0) is 9.84 Å². The van der Waals surface area contributed by atoms with E-state index >= 15 is 0 Å². The largest absolute Gasteiger partial charge is 0.378 e. The minimum absolute atomic E-state index is 0.0271. The molecule has 1 unspecified atom stereocenters. The molecule has 6 heteroatoms. The van der Waals surface area contributed by atoms with Gasteiger partial charge in [-0.15, -0.1) is 0 Å². The van der Waals surface area contributed by atoms with Crippen LogP contribution in [-0.4, -0.2) is 26.8 Å². The lowest BCUT2D eigenvalue weighted by molar-refractivity contribution is 0.571. The van der Waals surface area contributed by atoms with Gasteiger partial charge >= 0.3 is 0 Å². The zero-order valence-electron chi connectivity index (χ0n) is 8.61. The van der Waals surface area contributed by atoms with Crippen molar-refractivity contribution in [3.05, 3.63) is 24.0 Å². The fourth-order valence-electron chi connectivity index (χ4n) is 1.86. The van der Waals surface area contributed by atoms with Crippen LogP contribution < -0.4 is 11.1 Å². The second-order valence-corrected chi connectivity index (χ2v) is 5.82. The number of nitrogens with one attached hydrogen (secondary N) is 1. The third-order valence-corrected chi connectivity index (χ3v) is 4.45. The van der Waals surface area contributed by atoms with Gasteiger partial charge in [0.2, 0.25) is 0 Å². The molecule has 0 amide bonds. The molecule has 1 aromatic rings. The van der Waals surface area contributed by atoms with Crippen molar-refractivity contribution < 1.29 is 12.8 Å². The summed E-state index contributed by atoms with van der Waals surface area (Å²) in [4.78, 5) is 0.0424. The van der Waals surface area contributed by atoms with Crippen LogP contribution in [0.3, 0.4) is 0 Å². The van der Waals surface area contributed by atoms with Gasteiger partial charge in [-0.25, -0.2) is 12.8 Å². The fourth-order valence-corrected chi connectivity index (χ4v) is 3.57. The van der Waals surface area contributed by atoms with E-state index in [9.17, 15) is 12.8 Å². The Morgan fingerprint density at radius 2 is 2.25 bits per heavy atom. The summed E-state index contributed by atoms with van der Waals surface area (Å²) in [6.45, 7) is 0.372. The highest BCUT2D eigenvalue weighted by Crippen LogP contribution is 2.31. The Balaban J connectivity index is 2.48. The van der Waals surface area contributed by atoms with E-state index in [-0.39, 0.29) is 22.4 Å². The second kappa shape index (κ2) is 4.03. The summed E-state index contributed by atoms with van der Waals surface area (Å²) in [5.74, 6) is -0.566. The van der Waals surface area contributed by atoms with Gasteiger partial charge in [0.25, 0.3) is 0 Å². The van der Waals surface area contributed by atoms with Gasteiger partial charge in [-0.1, -0.05) is 6.07 Å². The average molecular weight is 244 g/mol. The second-order valence-electron chi connectivity index (χ2n) is 3.81. The Labute approximate surface area is 93.6 Å². The number of hydrogen-bond donors (Lipinski definition) is 2. The monoisotopic (exact) mass is 244 g/mol. The summed E-state index contributed by atoms with van der Waals surface area (Å²) in [6.07, 6.45) is 0.507. The van der Waals surface area contributed by atoms with Crippen molar-refractivity contribution in [1.29, 1.82) is 0 Å². The molecule has 4 nitrogen and oxygen atoms in total. The summed E-state index contributed by atoms with van der Waals surface area (Å²) >= 11 is 0. The van der Waals surface area contributed by atoms with Crippen molar-refractivity contribution >= 4 is 15.5 Å². The Hall–Kier alpha value is -1.14. The SMILES string of the molecule is NCCC1CS(=O)(=O)c2cccc(F)c2N1. The van der Waals surface area contributed by atoms with Crippen molar-refractivity contribution in [2.75, 3.05) is 17.6 Å². The number of rotatable bonds is 2. The number of hydrogen-bond acceptors (Lipinski definition) is 4. The molecule has 1 aromatic carbocycles. The molecular formula is C10H13FN2O2S. The van der Waals surface area contributed by atoms with Crippen molar-refractivity contribution in [2.45, 2.75) is 17.4 Å². The lowest BCUT2D eigenvalue weighted by Crippen LogP contribution is -2.36. The number of para-hydroxylation sites is 1. The molecular weight excluding hydrogens is 231 g/mol. The van der Waals surface area contributed by atoms with Crippen molar-refractivity contribution in [1.82, 2.24) is 0 Å². The molecule has 0 fully saturated rings. The molecule has 0 saturated carbocycles. The van der Waals surface area contributed by atoms with Crippen molar-refractivity contribution in [3.63, 3.8) is 0 Å². The maximum Gasteiger partial charge on any atom is 0.182 e. The number of benzene rings is 1. The molecule has 0 saturated heterocycles. The summed E-state index contributed by atoms with van der Waals surface area (Å²) in [7, 11) is -3.39. The standard InChI is InChI=1S/C10H13FN2O2S/c11-8-2-1-3-9-10(8)13-7(4-5-12)6-16(9,14)15/h1-3,7,13H,4-6,12H2. The van der Waals surface area contributed by atoms with Crippen LogP contribution in [0.4, 0.5) is 10.1 Å². The molecule has 88 valence electrons. The zero-order valence-corrected chi connectivity index (χ0v) is 9.43. The first-order valence-corrected chi connectivity index (χ1v) is 6.67. The molecule has 1 aliphatic rings. The van der Waals surface area contributed by atoms with Crippen molar-refractivity contribution in [2.24, 2.45) is 5.73 Å². The molecule has 1 heterocycles. The summed E-state index contributed by atoms with van der Waals surface area (Å²) < 4.78 is 37.2. The van der Waals surface area contributed by atoms with E-state index in [1.54, 1.807) is 0 Å². The molecule has 0 bridgehead atoms. The molecule has 0 spiro atoms. The molecule has 3 N–H and O–H groups in total. The maximum atomic E-state index is 13.5. The van der Waals surface area contributed by atoms with Gasteiger partial charge in [0.05, 0.1) is 16.3 Å². The van der Waals surface area contributed by atoms with E-state index in [1.807, 2.05) is 0 Å². The van der Waals surface area contributed by atoms with E-state index in [4.69, 9.17) is 5.73 Å². The molecule has 0 aromatic heterocycles. The predicted molar refractivity (Wildman–Crippen MR) is 59.5 cm³/mol. The maximum absolute atomic E-state index is 13.5. The van der Waals surface area contributed by atoms with Crippen LogP contribution in [0, 0.1) is 5.82 Å². The normalized spacial score (nSPS) is 22.2. The number of anilines is 1. The van der Waals surface area contributed by atoms with Gasteiger partial charge in [0.15, 0.2) is 9.84 Å². The van der Waals surface area contributed by atoms with Gasteiger partial charge in [-0.2, -0.15) is 0 Å². The van der Waals surface area contributed by atoms with E-state index in [0.717, 1.165) is 0 Å². The van der Waals surface area contributed by atoms with Gasteiger partial charge in [-0.3, -0.25) is 0 Å². The van der Waals surface area contributed by atoms with E-state index in [2.05, 4.69) is 5.32 Å². The van der Waals surface area contributed by atoms with E-state index < -0.39 is 15.7 Å². The van der Waals surface area contributed by atoms with Gasteiger partial charge < -0.3 is 11.1 Å². The van der Waals surface area contributed by atoms with Crippen LogP contribution in [0.15, 0.2) is 23.1 Å². The molecule has 16 heavy (non-hydrogen) atoms. The Morgan fingerprint density at radius 1 is 1.50 bits per heavy atom. The highest BCUT2D eigenvalue weighted by Gasteiger charge is 2.31. The highest BCUT2D eigenvalue weighted by atomic mass is 32.2. The minimum Gasteiger partial charge on any atom is -0.378 e. The van der Waals surface area contributed by atoms with Crippen LogP contribution >= 0.6 is 0 Å². The number of nitrogens with two attached hydrogens (primary N) is 1. The average Bonchev–Trinajstić information content (AvgIpc) is 2.19. The summed E-state index contributed by atoms with van der Waals surface area (Å²) in [6, 6.07) is 3.75. The molecule has 1 aliphatic heterocycles. The van der Waals surface area contributed by atoms with Gasteiger partial charge in [0.1, 0.15) is 5.82 Å². The summed E-state index contributed by atoms with van der Waals surface area (Å²) in [5, 5.41) is 2.89. The molecule has 0 radical (unpaired) electrons. The first-order valence-electron chi connectivity index (χ1n) is 5.02. The first-order chi connectivity index (χ1) is 7.54. The quantitative estimate of drug-likeness (QED) is 0.805. The van der Waals surface area contributed by atoms with Gasteiger partial charge in [-0.05, 0) is 25.1 Å². The Bertz CT molecular complexity index is 502. The number of halogens is 1. The zero-order chi connectivity index (χ0) is 11.8. The Morgan fingerprint density at radius 3 is 2.94 bits per heavy atom. The Kier molecular flexibility index (Phi) is 2.86. The van der Waals surface area contributed by atoms with E-state index in [1.165, 1.54) is 18.2 Å². The molecule has 2 rings (SSSR count). The third kappa shape index (κ3) is 1.90. The predicted octanol–water partition coefficient (Wildman–Crippen LogP) is 0.742. The van der Waals surface area contributed by atoms with E-state index in [0.29, 0.717) is 13.0 Å². The highest BCUT2D eigenvalue weighted by molar-refractivity contribution is 7.91. The van der Waals surface area contributed by atoms with Gasteiger partial charge in [0, 0.05) is 6.04 Å². The number of sulfone groups is 1. The van der Waals surface area contributed by atoms with Crippen LogP contribution in [0.1, 0.15) is 6.42 Å². The third-order valence-electron chi connectivity index (χ3n) is 2.59. The fraction of sp³-hybridized carbons (Fsp3) is 0.400. The molecule has 0 aliphatic carbocycles. The lowest BCUT2D eigenvalue weighted by atomic mass is 10.2. The van der Waals surface area contributed by atoms with Crippen LogP contribution in [0.2, 0.25) is 0 Å². The smallest absolute Gasteiger partial charge is 0.182 e. The number of fused-ring (bicyclic) bond motifs is 1. The first kappa shape index (κ1) is 11.3.